The van der Waals surface area contributed by atoms with E-state index in [1.165, 1.54) is 24.3 Å². The van der Waals surface area contributed by atoms with Gasteiger partial charge in [0.05, 0.1) is 12.2 Å². The Balaban J connectivity index is 2.11. The maximum Gasteiger partial charge on any atom is 0.200 e. The second-order valence-corrected chi connectivity index (χ2v) is 6.81. The molecule has 0 aliphatic carbocycles. The first kappa shape index (κ1) is 21.6. The lowest BCUT2D eigenvalue weighted by Crippen LogP contribution is -2.55. The topological polar surface area (TPSA) is 208 Å². The molecule has 1 fully saturated rings. The molecule has 0 saturated carbocycles. The Morgan fingerprint density at radius 1 is 0.800 bits per heavy atom. The molecule has 11 heteroatoms. The Morgan fingerprint density at radius 3 is 1.83 bits per heavy atom. The van der Waals surface area contributed by atoms with E-state index < -0.39 is 77.0 Å². The van der Waals surface area contributed by atoms with Gasteiger partial charge < -0.3 is 50.7 Å². The number of hydrogen-bond acceptors (Lipinski definition) is 11. The quantitative estimate of drug-likeness (QED) is 0.164. The van der Waals surface area contributed by atoms with Crippen LogP contribution in [0.1, 0.15) is 27.6 Å². The predicted molar refractivity (Wildman–Crippen MR) is 97.4 cm³/mol. The number of phenolic OH excluding ortho intramolecular Hbond substituents is 5. The molecule has 0 radical (unpaired) electrons. The second kappa shape index (κ2) is 7.97. The maximum atomic E-state index is 12.6. The summed E-state index contributed by atoms with van der Waals surface area (Å²) in [4.78, 5) is 12.6. The molecule has 3 rings (SSSR count). The third-order valence-corrected chi connectivity index (χ3v) is 4.97. The molecule has 0 aromatic heterocycles. The molecule has 1 heterocycles. The molecule has 0 bridgehead atoms. The molecule has 11 nitrogen and oxygen atoms in total. The number of aromatic hydroxyl groups is 5. The van der Waals surface area contributed by atoms with E-state index in [1.54, 1.807) is 0 Å². The number of phenols is 5. The van der Waals surface area contributed by atoms with Gasteiger partial charge in [-0.25, -0.2) is 0 Å². The Bertz CT molecular complexity index is 925. The number of carbonyl (C=O) groups excluding carboxylic acids is 1. The Morgan fingerprint density at radius 2 is 1.33 bits per heavy atom. The standard InChI is InChI=1S/C19H20O11/c20-5-8-12(23)17(28)18(29)19(30-8)10-15(26)13(24)9(14(25)16(10)27)11(22)6-1-3-7(21)4-2-6/h1-4,8,12,17-21,23-29H,5H2/t8-,12-,17+,18-,19+/m1/s1. The van der Waals surface area contributed by atoms with Gasteiger partial charge in [-0.2, -0.15) is 0 Å². The predicted octanol–water partition coefficient (Wildman–Crippen LogP) is -1.04. The fourth-order valence-electron chi connectivity index (χ4n) is 3.30. The highest BCUT2D eigenvalue weighted by atomic mass is 16.5. The van der Waals surface area contributed by atoms with Gasteiger partial charge in [0.1, 0.15) is 41.8 Å². The molecule has 1 aliphatic rings. The van der Waals surface area contributed by atoms with Crippen LogP contribution in [0.5, 0.6) is 28.7 Å². The summed E-state index contributed by atoms with van der Waals surface area (Å²) in [5, 5.41) is 90.0. The third kappa shape index (κ3) is 3.38. The van der Waals surface area contributed by atoms with E-state index >= 15 is 0 Å². The molecule has 1 aliphatic heterocycles. The lowest BCUT2D eigenvalue weighted by molar-refractivity contribution is -0.232. The van der Waals surface area contributed by atoms with Crippen LogP contribution in [0.25, 0.3) is 0 Å². The number of rotatable bonds is 4. The van der Waals surface area contributed by atoms with E-state index in [4.69, 9.17) is 4.74 Å². The van der Waals surface area contributed by atoms with Crippen LogP contribution in [0.2, 0.25) is 0 Å². The van der Waals surface area contributed by atoms with Gasteiger partial charge in [0.2, 0.25) is 5.78 Å². The van der Waals surface area contributed by atoms with Crippen molar-refractivity contribution in [2.75, 3.05) is 6.61 Å². The molecular weight excluding hydrogens is 404 g/mol. The molecule has 1 saturated heterocycles. The number of hydrogen-bond donors (Lipinski definition) is 9. The van der Waals surface area contributed by atoms with Crippen LogP contribution >= 0.6 is 0 Å². The van der Waals surface area contributed by atoms with Crippen molar-refractivity contribution in [3.8, 4) is 28.7 Å². The minimum Gasteiger partial charge on any atom is -0.508 e. The number of benzene rings is 2. The van der Waals surface area contributed by atoms with E-state index in [2.05, 4.69) is 0 Å². The SMILES string of the molecule is O=C(c1ccc(O)cc1)c1c(O)c(O)c([C@@H]2O[C@H](CO)[C@@H](O)[C@H](O)[C@H]2O)c(O)c1O. The average Bonchev–Trinajstić information content (AvgIpc) is 2.73. The molecule has 0 amide bonds. The average molecular weight is 424 g/mol. The monoisotopic (exact) mass is 424 g/mol. The zero-order chi connectivity index (χ0) is 22.3. The van der Waals surface area contributed by atoms with E-state index in [0.29, 0.717) is 0 Å². The Labute approximate surface area is 168 Å². The molecule has 0 spiro atoms. The van der Waals surface area contributed by atoms with Gasteiger partial charge in [-0.3, -0.25) is 4.79 Å². The van der Waals surface area contributed by atoms with Gasteiger partial charge in [-0.05, 0) is 24.3 Å². The van der Waals surface area contributed by atoms with Crippen LogP contribution in [-0.2, 0) is 4.74 Å². The zero-order valence-corrected chi connectivity index (χ0v) is 15.2. The molecule has 9 N–H and O–H groups in total. The summed E-state index contributed by atoms with van der Waals surface area (Å²) >= 11 is 0. The first-order valence-electron chi connectivity index (χ1n) is 8.74. The van der Waals surface area contributed by atoms with Crippen molar-refractivity contribution in [1.29, 1.82) is 0 Å². The summed E-state index contributed by atoms with van der Waals surface area (Å²) in [5.74, 6) is -5.70. The van der Waals surface area contributed by atoms with Crippen molar-refractivity contribution in [3.05, 3.63) is 41.0 Å². The number of ketones is 1. The van der Waals surface area contributed by atoms with Crippen molar-refractivity contribution in [1.82, 2.24) is 0 Å². The van der Waals surface area contributed by atoms with Gasteiger partial charge in [-0.15, -0.1) is 0 Å². The molecule has 5 atom stereocenters. The minimum absolute atomic E-state index is 0.0993. The van der Waals surface area contributed by atoms with Gasteiger partial charge in [0.15, 0.2) is 23.0 Å². The fraction of sp³-hybridized carbons (Fsp3) is 0.316. The smallest absolute Gasteiger partial charge is 0.200 e. The minimum atomic E-state index is -1.93. The van der Waals surface area contributed by atoms with Crippen molar-refractivity contribution in [2.24, 2.45) is 0 Å². The van der Waals surface area contributed by atoms with Crippen molar-refractivity contribution >= 4 is 5.78 Å². The van der Waals surface area contributed by atoms with Crippen LogP contribution in [0.15, 0.2) is 24.3 Å². The summed E-state index contributed by atoms with van der Waals surface area (Å²) in [6.45, 7) is -0.793. The summed E-state index contributed by atoms with van der Waals surface area (Å²) in [6, 6.07) is 4.69. The highest BCUT2D eigenvalue weighted by molar-refractivity contribution is 6.13. The maximum absolute atomic E-state index is 12.6. The van der Waals surface area contributed by atoms with Crippen LogP contribution in [0.4, 0.5) is 0 Å². The molecule has 162 valence electrons. The molecule has 0 unspecified atom stereocenters. The van der Waals surface area contributed by atoms with E-state index in [9.17, 15) is 50.8 Å². The summed E-state index contributed by atoms with van der Waals surface area (Å²) in [7, 11) is 0. The largest absolute Gasteiger partial charge is 0.508 e. The third-order valence-electron chi connectivity index (χ3n) is 4.97. The Hall–Kier alpha value is -3.09. The Kier molecular flexibility index (Phi) is 5.74. The van der Waals surface area contributed by atoms with Crippen LogP contribution in [0.3, 0.4) is 0 Å². The van der Waals surface area contributed by atoms with Gasteiger partial charge in [0.25, 0.3) is 0 Å². The van der Waals surface area contributed by atoms with Crippen LogP contribution in [0, 0.1) is 0 Å². The number of ether oxygens (including phenoxy) is 1. The summed E-state index contributed by atoms with van der Waals surface area (Å²) in [5.41, 5.74) is -1.72. The van der Waals surface area contributed by atoms with Crippen molar-refractivity contribution in [3.63, 3.8) is 0 Å². The van der Waals surface area contributed by atoms with E-state index in [-0.39, 0.29) is 11.3 Å². The van der Waals surface area contributed by atoms with Crippen molar-refractivity contribution < 1.29 is 55.5 Å². The van der Waals surface area contributed by atoms with E-state index in [1.807, 2.05) is 0 Å². The highest BCUT2D eigenvalue weighted by Crippen LogP contribution is 2.52. The summed E-state index contributed by atoms with van der Waals surface area (Å²) < 4.78 is 5.22. The zero-order valence-electron chi connectivity index (χ0n) is 15.2. The van der Waals surface area contributed by atoms with Gasteiger partial charge in [0, 0.05) is 5.56 Å². The molecule has 30 heavy (non-hydrogen) atoms. The summed E-state index contributed by atoms with van der Waals surface area (Å²) in [6.07, 6.45) is -8.69. The first-order valence-corrected chi connectivity index (χ1v) is 8.74. The molecular formula is C19H20O11. The highest BCUT2D eigenvalue weighted by Gasteiger charge is 2.47. The molecule has 2 aromatic carbocycles. The fourth-order valence-corrected chi connectivity index (χ4v) is 3.30. The van der Waals surface area contributed by atoms with E-state index in [0.717, 1.165) is 0 Å². The lowest BCUT2D eigenvalue weighted by atomic mass is 9.88. The van der Waals surface area contributed by atoms with Gasteiger partial charge >= 0.3 is 0 Å². The lowest BCUT2D eigenvalue weighted by Gasteiger charge is -2.40. The number of aliphatic hydroxyl groups excluding tert-OH is 4. The number of carbonyl (C=O) groups is 1. The molecule has 2 aromatic rings. The van der Waals surface area contributed by atoms with Gasteiger partial charge in [-0.1, -0.05) is 0 Å². The second-order valence-electron chi connectivity index (χ2n) is 6.81. The first-order chi connectivity index (χ1) is 14.1. The number of aliphatic hydroxyl groups is 4. The van der Waals surface area contributed by atoms with Crippen LogP contribution in [-0.4, -0.2) is 82.8 Å². The van der Waals surface area contributed by atoms with Crippen LogP contribution < -0.4 is 0 Å². The normalized spacial score (nSPS) is 26.5. The van der Waals surface area contributed by atoms with Crippen molar-refractivity contribution in [2.45, 2.75) is 30.5 Å².